The van der Waals surface area contributed by atoms with Crippen LogP contribution < -0.4 is 10.2 Å². The van der Waals surface area contributed by atoms with Crippen LogP contribution in [0.25, 0.3) is 0 Å². The van der Waals surface area contributed by atoms with Crippen molar-refractivity contribution >= 4 is 32.6 Å². The Morgan fingerprint density at radius 3 is 2.46 bits per heavy atom. The van der Waals surface area contributed by atoms with Gasteiger partial charge in [-0.1, -0.05) is 6.07 Å². The lowest BCUT2D eigenvalue weighted by Crippen LogP contribution is -2.29. The first kappa shape index (κ1) is 18.2. The summed E-state index contributed by atoms with van der Waals surface area (Å²) in [6.45, 7) is 2.02. The van der Waals surface area contributed by atoms with E-state index in [0.717, 1.165) is 49.6 Å². The minimum atomic E-state index is -3.62. The Balaban J connectivity index is 1.92. The van der Waals surface area contributed by atoms with Gasteiger partial charge in [0, 0.05) is 42.9 Å². The Morgan fingerprint density at radius 2 is 1.81 bits per heavy atom. The molecule has 3 rings (SSSR count). The normalized spacial score (nSPS) is 14.9. The predicted molar refractivity (Wildman–Crippen MR) is 102 cm³/mol. The smallest absolute Gasteiger partial charge is 0.270 e. The topological polar surface area (TPSA) is 92.5 Å². The first-order chi connectivity index (χ1) is 12.3. The van der Waals surface area contributed by atoms with Crippen molar-refractivity contribution in [1.29, 1.82) is 0 Å². The number of nitro benzene ring substituents is 1. The highest BCUT2D eigenvalue weighted by atomic mass is 32.2. The van der Waals surface area contributed by atoms with Crippen molar-refractivity contribution in [3.63, 3.8) is 0 Å². The third-order valence-electron chi connectivity index (χ3n) is 4.42. The Kier molecular flexibility index (Phi) is 5.13. The molecule has 0 saturated carbocycles. The molecule has 0 unspecified atom stereocenters. The number of anilines is 3. The maximum atomic E-state index is 12.1. The van der Waals surface area contributed by atoms with Crippen molar-refractivity contribution in [2.24, 2.45) is 0 Å². The Labute approximate surface area is 152 Å². The minimum Gasteiger partial charge on any atom is -0.371 e. The number of rotatable bonds is 5. The molecule has 0 atom stereocenters. The lowest BCUT2D eigenvalue weighted by Gasteiger charge is -2.29. The van der Waals surface area contributed by atoms with Crippen LogP contribution in [0.1, 0.15) is 19.3 Å². The van der Waals surface area contributed by atoms with E-state index in [1.54, 1.807) is 0 Å². The molecule has 0 aromatic heterocycles. The van der Waals surface area contributed by atoms with Crippen LogP contribution >= 0.6 is 0 Å². The molecule has 1 saturated heterocycles. The van der Waals surface area contributed by atoms with Gasteiger partial charge in [-0.05, 0) is 43.5 Å². The van der Waals surface area contributed by atoms with E-state index in [1.807, 2.05) is 24.3 Å². The van der Waals surface area contributed by atoms with Gasteiger partial charge in [-0.15, -0.1) is 0 Å². The summed E-state index contributed by atoms with van der Waals surface area (Å²) in [5.74, 6) is 0. The molecule has 138 valence electrons. The first-order valence-electron chi connectivity index (χ1n) is 8.45. The van der Waals surface area contributed by atoms with E-state index in [1.165, 1.54) is 18.6 Å². The molecule has 2 aromatic carbocycles. The number of sulfone groups is 1. The number of non-ortho nitro benzene ring substituents is 1. The molecular weight excluding hydrogens is 354 g/mol. The van der Waals surface area contributed by atoms with Gasteiger partial charge in [0.2, 0.25) is 0 Å². The molecule has 1 fully saturated rings. The van der Waals surface area contributed by atoms with E-state index >= 15 is 0 Å². The zero-order valence-corrected chi connectivity index (χ0v) is 15.3. The van der Waals surface area contributed by atoms with E-state index in [9.17, 15) is 18.5 Å². The molecule has 2 aromatic rings. The summed E-state index contributed by atoms with van der Waals surface area (Å²) in [5.41, 5.74) is 1.90. The average Bonchev–Trinajstić information content (AvgIpc) is 2.62. The zero-order valence-electron chi connectivity index (χ0n) is 14.5. The predicted octanol–water partition coefficient (Wildman–Crippen LogP) is 3.73. The maximum Gasteiger partial charge on any atom is 0.270 e. The van der Waals surface area contributed by atoms with Crippen molar-refractivity contribution in [3.05, 3.63) is 52.6 Å². The fourth-order valence-electron chi connectivity index (χ4n) is 3.12. The summed E-state index contributed by atoms with van der Waals surface area (Å²) in [5, 5.41) is 14.1. The molecule has 7 nitrogen and oxygen atoms in total. The highest BCUT2D eigenvalue weighted by Crippen LogP contribution is 2.30. The van der Waals surface area contributed by atoms with Gasteiger partial charge in [0.05, 0.1) is 15.5 Å². The van der Waals surface area contributed by atoms with Gasteiger partial charge in [0.1, 0.15) is 0 Å². The fourth-order valence-corrected chi connectivity index (χ4v) is 3.98. The van der Waals surface area contributed by atoms with Crippen LogP contribution in [0.4, 0.5) is 22.7 Å². The lowest BCUT2D eigenvalue weighted by molar-refractivity contribution is -0.385. The Morgan fingerprint density at radius 1 is 1.08 bits per heavy atom. The number of hydrogen-bond acceptors (Lipinski definition) is 6. The molecule has 0 amide bonds. The quantitative estimate of drug-likeness (QED) is 0.632. The number of benzene rings is 2. The van der Waals surface area contributed by atoms with Gasteiger partial charge >= 0.3 is 0 Å². The third-order valence-corrected chi connectivity index (χ3v) is 5.56. The van der Waals surface area contributed by atoms with E-state index in [-0.39, 0.29) is 10.6 Å². The largest absolute Gasteiger partial charge is 0.371 e. The van der Waals surface area contributed by atoms with E-state index in [4.69, 9.17) is 0 Å². The SMILES string of the molecule is CS(=O)(=O)c1cc([N+](=O)[O-])ccc1Nc1cccc(N2CCCCC2)c1. The number of nitrogens with zero attached hydrogens (tertiary/aromatic N) is 2. The van der Waals surface area contributed by atoms with Gasteiger partial charge in [0.25, 0.3) is 5.69 Å². The summed E-state index contributed by atoms with van der Waals surface area (Å²) in [4.78, 5) is 12.6. The van der Waals surface area contributed by atoms with Crippen molar-refractivity contribution < 1.29 is 13.3 Å². The van der Waals surface area contributed by atoms with Gasteiger partial charge in [-0.25, -0.2) is 8.42 Å². The summed E-state index contributed by atoms with van der Waals surface area (Å²) < 4.78 is 24.1. The second-order valence-electron chi connectivity index (χ2n) is 6.43. The molecule has 1 aliphatic heterocycles. The number of piperidine rings is 1. The third kappa shape index (κ3) is 4.13. The van der Waals surface area contributed by atoms with Gasteiger partial charge in [-0.2, -0.15) is 0 Å². The Hall–Kier alpha value is -2.61. The molecule has 0 aliphatic carbocycles. The zero-order chi connectivity index (χ0) is 18.7. The number of hydrogen-bond donors (Lipinski definition) is 1. The second-order valence-corrected chi connectivity index (χ2v) is 8.42. The molecular formula is C18H21N3O4S. The lowest BCUT2D eigenvalue weighted by atomic mass is 10.1. The van der Waals surface area contributed by atoms with Crippen LogP contribution in [-0.4, -0.2) is 32.7 Å². The molecule has 0 radical (unpaired) electrons. The van der Waals surface area contributed by atoms with Crippen LogP contribution in [0, 0.1) is 10.1 Å². The van der Waals surface area contributed by atoms with E-state index in [2.05, 4.69) is 10.2 Å². The monoisotopic (exact) mass is 375 g/mol. The average molecular weight is 375 g/mol. The number of nitro groups is 1. The van der Waals surface area contributed by atoms with Gasteiger partial charge in [0.15, 0.2) is 9.84 Å². The molecule has 0 spiro atoms. The highest BCUT2D eigenvalue weighted by Gasteiger charge is 2.19. The summed E-state index contributed by atoms with van der Waals surface area (Å²) in [6.07, 6.45) is 4.62. The van der Waals surface area contributed by atoms with Crippen molar-refractivity contribution in [1.82, 2.24) is 0 Å². The second kappa shape index (κ2) is 7.33. The summed E-state index contributed by atoms with van der Waals surface area (Å²) in [6, 6.07) is 11.6. The highest BCUT2D eigenvalue weighted by molar-refractivity contribution is 7.90. The summed E-state index contributed by atoms with van der Waals surface area (Å²) >= 11 is 0. The fraction of sp³-hybridized carbons (Fsp3) is 0.333. The molecule has 26 heavy (non-hydrogen) atoms. The molecule has 0 bridgehead atoms. The minimum absolute atomic E-state index is 0.0879. The van der Waals surface area contributed by atoms with Gasteiger partial charge in [-0.3, -0.25) is 10.1 Å². The van der Waals surface area contributed by atoms with Crippen LogP contribution in [-0.2, 0) is 9.84 Å². The maximum absolute atomic E-state index is 12.1. The van der Waals surface area contributed by atoms with Gasteiger partial charge < -0.3 is 10.2 Å². The van der Waals surface area contributed by atoms with Crippen LogP contribution in [0.2, 0.25) is 0 Å². The molecule has 1 aliphatic rings. The number of nitrogens with one attached hydrogen (secondary N) is 1. The van der Waals surface area contributed by atoms with E-state index < -0.39 is 14.8 Å². The summed E-state index contributed by atoms with van der Waals surface area (Å²) in [7, 11) is -3.62. The van der Waals surface area contributed by atoms with Crippen LogP contribution in [0.3, 0.4) is 0 Å². The van der Waals surface area contributed by atoms with E-state index in [0.29, 0.717) is 5.69 Å². The van der Waals surface area contributed by atoms with Crippen LogP contribution in [0.15, 0.2) is 47.4 Å². The van der Waals surface area contributed by atoms with Crippen molar-refractivity contribution in [3.8, 4) is 0 Å². The Bertz CT molecular complexity index is 922. The molecule has 8 heteroatoms. The van der Waals surface area contributed by atoms with Crippen molar-refractivity contribution in [2.75, 3.05) is 29.6 Å². The molecule has 1 heterocycles. The standard InChI is InChI=1S/C18H21N3O4S/c1-26(24,25)18-13-16(21(22)23)8-9-17(18)19-14-6-5-7-15(12-14)20-10-3-2-4-11-20/h5-9,12-13,19H,2-4,10-11H2,1H3. The van der Waals surface area contributed by atoms with Crippen molar-refractivity contribution in [2.45, 2.75) is 24.2 Å². The molecule has 1 N–H and O–H groups in total. The first-order valence-corrected chi connectivity index (χ1v) is 10.3. The van der Waals surface area contributed by atoms with Crippen LogP contribution in [0.5, 0.6) is 0 Å².